The van der Waals surface area contributed by atoms with Crippen molar-refractivity contribution in [3.63, 3.8) is 0 Å². The number of ether oxygens (including phenoxy) is 1. The molecule has 2 amide bonds. The number of anilines is 1. The fraction of sp³-hybridized carbons (Fsp3) is 0.615. The molecule has 1 heterocycles. The SMILES string of the molecule is CCC(=O)N(CCCOC)CC(=O)Nc1nc(C)cs1. The molecule has 0 saturated heterocycles. The molecule has 20 heavy (non-hydrogen) atoms. The van der Waals surface area contributed by atoms with Crippen LogP contribution in [0.1, 0.15) is 25.5 Å². The van der Waals surface area contributed by atoms with Gasteiger partial charge in [0.15, 0.2) is 5.13 Å². The van der Waals surface area contributed by atoms with Crippen molar-refractivity contribution in [2.24, 2.45) is 0 Å². The summed E-state index contributed by atoms with van der Waals surface area (Å²) in [6, 6.07) is 0. The van der Waals surface area contributed by atoms with E-state index in [1.807, 2.05) is 12.3 Å². The Bertz CT molecular complexity index is 448. The third-order valence-corrected chi connectivity index (χ3v) is 3.51. The van der Waals surface area contributed by atoms with Crippen LogP contribution in [0.3, 0.4) is 0 Å². The van der Waals surface area contributed by atoms with Crippen LogP contribution in [0.25, 0.3) is 0 Å². The van der Waals surface area contributed by atoms with E-state index in [9.17, 15) is 9.59 Å². The Morgan fingerprint density at radius 2 is 2.25 bits per heavy atom. The number of thiazole rings is 1. The molecule has 1 aromatic rings. The molecule has 0 aromatic carbocycles. The summed E-state index contributed by atoms with van der Waals surface area (Å²) in [5.41, 5.74) is 0.867. The number of carbonyl (C=O) groups is 2. The van der Waals surface area contributed by atoms with Crippen LogP contribution in [0.4, 0.5) is 5.13 Å². The van der Waals surface area contributed by atoms with Crippen LogP contribution >= 0.6 is 11.3 Å². The van der Waals surface area contributed by atoms with Gasteiger partial charge < -0.3 is 15.0 Å². The number of aromatic nitrogens is 1. The van der Waals surface area contributed by atoms with E-state index in [-0.39, 0.29) is 18.4 Å². The Morgan fingerprint density at radius 3 is 2.80 bits per heavy atom. The van der Waals surface area contributed by atoms with Gasteiger partial charge >= 0.3 is 0 Å². The Hall–Kier alpha value is -1.47. The minimum absolute atomic E-state index is 0.0356. The smallest absolute Gasteiger partial charge is 0.245 e. The van der Waals surface area contributed by atoms with E-state index in [0.717, 1.165) is 5.69 Å². The van der Waals surface area contributed by atoms with Crippen molar-refractivity contribution >= 4 is 28.3 Å². The second-order valence-corrected chi connectivity index (χ2v) is 5.22. The van der Waals surface area contributed by atoms with Crippen molar-refractivity contribution in [2.45, 2.75) is 26.7 Å². The van der Waals surface area contributed by atoms with Crippen LogP contribution in [0.15, 0.2) is 5.38 Å². The van der Waals surface area contributed by atoms with Crippen LogP contribution in [-0.2, 0) is 14.3 Å². The van der Waals surface area contributed by atoms with Gasteiger partial charge in [0.25, 0.3) is 0 Å². The van der Waals surface area contributed by atoms with Gasteiger partial charge in [-0.3, -0.25) is 9.59 Å². The van der Waals surface area contributed by atoms with Gasteiger partial charge in [-0.25, -0.2) is 4.98 Å². The van der Waals surface area contributed by atoms with Gasteiger partial charge in [-0.1, -0.05) is 6.92 Å². The van der Waals surface area contributed by atoms with Crippen molar-refractivity contribution in [1.29, 1.82) is 0 Å². The zero-order valence-electron chi connectivity index (χ0n) is 12.1. The van der Waals surface area contributed by atoms with Gasteiger partial charge in [-0.2, -0.15) is 0 Å². The van der Waals surface area contributed by atoms with Crippen LogP contribution in [0.5, 0.6) is 0 Å². The minimum Gasteiger partial charge on any atom is -0.385 e. The standard InChI is InChI=1S/C13H21N3O3S/c1-4-12(18)16(6-5-7-19-3)8-11(17)15-13-14-10(2)9-20-13/h9H,4-8H2,1-3H3,(H,14,15,17). The third-order valence-electron chi connectivity index (χ3n) is 2.63. The minimum atomic E-state index is -0.224. The largest absolute Gasteiger partial charge is 0.385 e. The summed E-state index contributed by atoms with van der Waals surface area (Å²) in [6.45, 7) is 4.79. The van der Waals surface area contributed by atoms with Gasteiger partial charge in [-0.05, 0) is 13.3 Å². The van der Waals surface area contributed by atoms with Crippen LogP contribution in [-0.4, -0.2) is 48.5 Å². The summed E-state index contributed by atoms with van der Waals surface area (Å²) >= 11 is 1.37. The molecule has 0 fully saturated rings. The van der Waals surface area contributed by atoms with E-state index in [1.54, 1.807) is 18.9 Å². The van der Waals surface area contributed by atoms with Gasteiger partial charge in [-0.15, -0.1) is 11.3 Å². The molecule has 112 valence electrons. The first-order chi connectivity index (χ1) is 9.56. The molecule has 1 rings (SSSR count). The molecule has 0 atom stereocenters. The molecule has 0 aliphatic carbocycles. The summed E-state index contributed by atoms with van der Waals surface area (Å²) in [7, 11) is 1.61. The fourth-order valence-corrected chi connectivity index (χ4v) is 2.36. The molecule has 0 aliphatic heterocycles. The van der Waals surface area contributed by atoms with E-state index >= 15 is 0 Å². The molecule has 7 heteroatoms. The molecule has 0 aliphatic rings. The number of rotatable bonds is 8. The fourth-order valence-electron chi connectivity index (χ4n) is 1.66. The Labute approximate surface area is 123 Å². The quantitative estimate of drug-likeness (QED) is 0.741. The highest BCUT2D eigenvalue weighted by Crippen LogP contribution is 2.14. The molecule has 6 nitrogen and oxygen atoms in total. The number of methoxy groups -OCH3 is 1. The summed E-state index contributed by atoms with van der Waals surface area (Å²) in [6.07, 6.45) is 1.10. The normalized spacial score (nSPS) is 10.3. The lowest BCUT2D eigenvalue weighted by Crippen LogP contribution is -2.38. The molecule has 1 aromatic heterocycles. The van der Waals surface area contributed by atoms with E-state index in [0.29, 0.717) is 31.1 Å². The average Bonchev–Trinajstić information content (AvgIpc) is 2.82. The Kier molecular flexibility index (Phi) is 7.17. The predicted molar refractivity (Wildman–Crippen MR) is 78.8 cm³/mol. The first-order valence-corrected chi connectivity index (χ1v) is 7.43. The second-order valence-electron chi connectivity index (χ2n) is 4.36. The first-order valence-electron chi connectivity index (χ1n) is 6.55. The maximum Gasteiger partial charge on any atom is 0.245 e. The highest BCUT2D eigenvalue weighted by atomic mass is 32.1. The number of nitrogens with zero attached hydrogens (tertiary/aromatic N) is 2. The number of nitrogens with one attached hydrogen (secondary N) is 1. The maximum absolute atomic E-state index is 11.9. The lowest BCUT2D eigenvalue weighted by Gasteiger charge is -2.21. The zero-order valence-corrected chi connectivity index (χ0v) is 13.0. The maximum atomic E-state index is 11.9. The molecule has 0 radical (unpaired) electrons. The highest BCUT2D eigenvalue weighted by Gasteiger charge is 2.16. The van der Waals surface area contributed by atoms with Crippen molar-refractivity contribution in [3.05, 3.63) is 11.1 Å². The second kappa shape index (κ2) is 8.65. The Morgan fingerprint density at radius 1 is 1.50 bits per heavy atom. The summed E-state index contributed by atoms with van der Waals surface area (Å²) < 4.78 is 4.96. The van der Waals surface area contributed by atoms with Crippen LogP contribution in [0.2, 0.25) is 0 Å². The van der Waals surface area contributed by atoms with E-state index in [1.165, 1.54) is 11.3 Å². The molecule has 1 N–H and O–H groups in total. The van der Waals surface area contributed by atoms with Gasteiger partial charge in [0, 0.05) is 32.1 Å². The van der Waals surface area contributed by atoms with E-state index in [4.69, 9.17) is 4.74 Å². The molecule has 0 bridgehead atoms. The average molecular weight is 299 g/mol. The topological polar surface area (TPSA) is 71.5 Å². The highest BCUT2D eigenvalue weighted by molar-refractivity contribution is 7.13. The van der Waals surface area contributed by atoms with Crippen LogP contribution in [0, 0.1) is 6.92 Å². The number of amides is 2. The van der Waals surface area contributed by atoms with Gasteiger partial charge in [0.05, 0.1) is 12.2 Å². The summed E-state index contributed by atoms with van der Waals surface area (Å²) in [5.74, 6) is -0.259. The molecular weight excluding hydrogens is 278 g/mol. The molecular formula is C13H21N3O3S. The lowest BCUT2D eigenvalue weighted by atomic mass is 10.3. The Balaban J connectivity index is 2.50. The predicted octanol–water partition coefficient (Wildman–Crippen LogP) is 1.67. The van der Waals surface area contributed by atoms with Crippen molar-refractivity contribution in [1.82, 2.24) is 9.88 Å². The third kappa shape index (κ3) is 5.66. The van der Waals surface area contributed by atoms with Crippen molar-refractivity contribution in [3.8, 4) is 0 Å². The monoisotopic (exact) mass is 299 g/mol. The lowest BCUT2D eigenvalue weighted by molar-refractivity contribution is -0.134. The number of aryl methyl sites for hydroxylation is 1. The molecule has 0 saturated carbocycles. The zero-order chi connectivity index (χ0) is 15.0. The summed E-state index contributed by atoms with van der Waals surface area (Å²) in [5, 5.41) is 5.13. The number of hydrogen-bond donors (Lipinski definition) is 1. The molecule has 0 unspecified atom stereocenters. The van der Waals surface area contributed by atoms with E-state index < -0.39 is 0 Å². The summed E-state index contributed by atoms with van der Waals surface area (Å²) in [4.78, 5) is 29.4. The van der Waals surface area contributed by atoms with Crippen LogP contribution < -0.4 is 5.32 Å². The molecule has 0 spiro atoms. The van der Waals surface area contributed by atoms with Crippen molar-refractivity contribution < 1.29 is 14.3 Å². The number of carbonyl (C=O) groups excluding carboxylic acids is 2. The first kappa shape index (κ1) is 16.6. The number of hydrogen-bond acceptors (Lipinski definition) is 5. The van der Waals surface area contributed by atoms with Gasteiger partial charge in [0.2, 0.25) is 11.8 Å². The van der Waals surface area contributed by atoms with Gasteiger partial charge in [0.1, 0.15) is 0 Å². The van der Waals surface area contributed by atoms with E-state index in [2.05, 4.69) is 10.3 Å². The van der Waals surface area contributed by atoms with Crippen molar-refractivity contribution in [2.75, 3.05) is 32.1 Å².